The topological polar surface area (TPSA) is 49.4 Å². The molecule has 1 saturated carbocycles. The molecule has 1 atom stereocenters. The van der Waals surface area contributed by atoms with Gasteiger partial charge in [0.15, 0.2) is 0 Å². The highest BCUT2D eigenvalue weighted by atomic mass is 35.5. The minimum absolute atomic E-state index is 0.00199. The lowest BCUT2D eigenvalue weighted by Gasteiger charge is -2.45. The summed E-state index contributed by atoms with van der Waals surface area (Å²) in [5.41, 5.74) is 1.40. The van der Waals surface area contributed by atoms with Crippen LogP contribution in [0.3, 0.4) is 0 Å². The molecule has 2 fully saturated rings. The number of likely N-dealkylation sites (tertiary alicyclic amines) is 1. The fraction of sp³-hybridized carbons (Fsp3) is 0.391. The minimum atomic E-state index is -0.442. The SMILES string of the molecule is O=C(Nc1ccccc1)[C@H]1CCCN(C(=O)C2(c3ccc(Cl)cc3)CCC2)C1. The number of nitrogens with one attached hydrogen (secondary N) is 1. The maximum absolute atomic E-state index is 13.5. The first-order chi connectivity index (χ1) is 13.6. The van der Waals surface area contributed by atoms with E-state index in [0.29, 0.717) is 11.6 Å². The molecule has 0 bridgehead atoms. The van der Waals surface area contributed by atoms with Gasteiger partial charge in [-0.2, -0.15) is 0 Å². The second kappa shape index (κ2) is 7.96. The van der Waals surface area contributed by atoms with Crippen LogP contribution in [0.25, 0.3) is 0 Å². The van der Waals surface area contributed by atoms with Crippen LogP contribution in [0.2, 0.25) is 5.02 Å². The first-order valence-electron chi connectivity index (χ1n) is 10.00. The van der Waals surface area contributed by atoms with E-state index in [-0.39, 0.29) is 17.7 Å². The van der Waals surface area contributed by atoms with Crippen LogP contribution in [0.1, 0.15) is 37.7 Å². The fourth-order valence-electron chi connectivity index (χ4n) is 4.37. The first-order valence-corrected chi connectivity index (χ1v) is 10.4. The predicted molar refractivity (Wildman–Crippen MR) is 111 cm³/mol. The zero-order valence-corrected chi connectivity index (χ0v) is 16.6. The molecule has 1 N–H and O–H groups in total. The van der Waals surface area contributed by atoms with E-state index in [1.54, 1.807) is 0 Å². The van der Waals surface area contributed by atoms with E-state index in [1.165, 1.54) is 0 Å². The van der Waals surface area contributed by atoms with E-state index in [4.69, 9.17) is 11.6 Å². The summed E-state index contributed by atoms with van der Waals surface area (Å²) in [4.78, 5) is 28.1. The lowest BCUT2D eigenvalue weighted by molar-refractivity contribution is -0.143. The predicted octanol–water partition coefficient (Wildman–Crippen LogP) is 4.64. The van der Waals surface area contributed by atoms with Gasteiger partial charge in [0.25, 0.3) is 0 Å². The lowest BCUT2D eigenvalue weighted by atomic mass is 9.63. The van der Waals surface area contributed by atoms with Gasteiger partial charge in [0, 0.05) is 23.8 Å². The van der Waals surface area contributed by atoms with Crippen molar-refractivity contribution in [3.63, 3.8) is 0 Å². The monoisotopic (exact) mass is 396 g/mol. The minimum Gasteiger partial charge on any atom is -0.341 e. The second-order valence-electron chi connectivity index (χ2n) is 7.89. The third-order valence-corrected chi connectivity index (χ3v) is 6.39. The van der Waals surface area contributed by atoms with Gasteiger partial charge in [0.05, 0.1) is 11.3 Å². The molecule has 0 aromatic heterocycles. The highest BCUT2D eigenvalue weighted by molar-refractivity contribution is 6.30. The van der Waals surface area contributed by atoms with E-state index in [2.05, 4.69) is 5.32 Å². The Bertz CT molecular complexity index is 847. The van der Waals surface area contributed by atoms with Gasteiger partial charge in [0.1, 0.15) is 0 Å². The van der Waals surface area contributed by atoms with Crippen LogP contribution in [0.15, 0.2) is 54.6 Å². The molecule has 146 valence electrons. The molecule has 1 aliphatic heterocycles. The Morgan fingerprint density at radius 2 is 1.71 bits per heavy atom. The van der Waals surface area contributed by atoms with Crippen LogP contribution in [0.4, 0.5) is 5.69 Å². The molecule has 1 aliphatic carbocycles. The number of carbonyl (C=O) groups excluding carboxylic acids is 2. The molecule has 4 rings (SSSR count). The van der Waals surface area contributed by atoms with Crippen molar-refractivity contribution in [2.24, 2.45) is 5.92 Å². The average Bonchev–Trinajstić information content (AvgIpc) is 2.69. The van der Waals surface area contributed by atoms with Crippen LogP contribution in [0, 0.1) is 5.92 Å². The molecule has 0 spiro atoms. The summed E-state index contributed by atoms with van der Waals surface area (Å²) in [6.45, 7) is 1.22. The third kappa shape index (κ3) is 3.66. The molecule has 4 nitrogen and oxygen atoms in total. The van der Waals surface area contributed by atoms with Crippen molar-refractivity contribution in [1.29, 1.82) is 0 Å². The van der Waals surface area contributed by atoms with Crippen molar-refractivity contribution in [3.05, 3.63) is 65.2 Å². The normalized spacial score (nSPS) is 20.9. The number of benzene rings is 2. The fourth-order valence-corrected chi connectivity index (χ4v) is 4.50. The molecule has 2 aliphatic rings. The Morgan fingerprint density at radius 3 is 2.36 bits per heavy atom. The Balaban J connectivity index is 1.47. The number of hydrogen-bond acceptors (Lipinski definition) is 2. The van der Waals surface area contributed by atoms with Gasteiger partial charge in [0.2, 0.25) is 11.8 Å². The summed E-state index contributed by atoms with van der Waals surface area (Å²) in [6, 6.07) is 17.2. The van der Waals surface area contributed by atoms with Crippen LogP contribution in [0.5, 0.6) is 0 Å². The Kier molecular flexibility index (Phi) is 5.40. The Morgan fingerprint density at radius 1 is 1.00 bits per heavy atom. The quantitative estimate of drug-likeness (QED) is 0.818. The van der Waals surface area contributed by atoms with Gasteiger partial charge in [-0.15, -0.1) is 0 Å². The maximum Gasteiger partial charge on any atom is 0.233 e. The molecular formula is C23H25ClN2O2. The summed E-state index contributed by atoms with van der Waals surface area (Å²) in [5.74, 6) is -0.00335. The Labute approximate surface area is 170 Å². The van der Waals surface area contributed by atoms with Crippen LogP contribution < -0.4 is 5.32 Å². The van der Waals surface area contributed by atoms with E-state index in [0.717, 1.165) is 49.9 Å². The van der Waals surface area contributed by atoms with Crippen molar-refractivity contribution in [1.82, 2.24) is 4.90 Å². The van der Waals surface area contributed by atoms with Gasteiger partial charge in [-0.1, -0.05) is 48.4 Å². The third-order valence-electron chi connectivity index (χ3n) is 6.13. The van der Waals surface area contributed by atoms with Gasteiger partial charge >= 0.3 is 0 Å². The van der Waals surface area contributed by atoms with Crippen LogP contribution in [-0.4, -0.2) is 29.8 Å². The number of nitrogens with zero attached hydrogens (tertiary/aromatic N) is 1. The van der Waals surface area contributed by atoms with Crippen molar-refractivity contribution < 1.29 is 9.59 Å². The molecule has 1 saturated heterocycles. The summed E-state index contributed by atoms with van der Waals surface area (Å²) >= 11 is 6.03. The number of hydrogen-bond donors (Lipinski definition) is 1. The average molecular weight is 397 g/mol. The molecular weight excluding hydrogens is 372 g/mol. The zero-order valence-electron chi connectivity index (χ0n) is 15.9. The van der Waals surface area contributed by atoms with Crippen molar-refractivity contribution >= 4 is 29.1 Å². The van der Waals surface area contributed by atoms with Gasteiger partial charge < -0.3 is 10.2 Å². The standard InChI is InChI=1S/C23H25ClN2O2/c24-19-11-9-18(10-12-19)23(13-5-14-23)22(28)26-15-4-6-17(16-26)21(27)25-20-7-2-1-3-8-20/h1-3,7-12,17H,4-6,13-16H2,(H,25,27)/t17-/m0/s1. The van der Waals surface area contributed by atoms with E-state index < -0.39 is 5.41 Å². The summed E-state index contributed by atoms with van der Waals surface area (Å²) in [6.07, 6.45) is 4.46. The summed E-state index contributed by atoms with van der Waals surface area (Å²) < 4.78 is 0. The van der Waals surface area contributed by atoms with Gasteiger partial charge in [-0.25, -0.2) is 0 Å². The first kappa shape index (κ1) is 19.0. The molecule has 2 aromatic rings. The summed E-state index contributed by atoms with van der Waals surface area (Å²) in [5, 5.41) is 3.67. The highest BCUT2D eigenvalue weighted by Gasteiger charge is 2.48. The number of halogens is 1. The molecule has 2 aromatic carbocycles. The second-order valence-corrected chi connectivity index (χ2v) is 8.32. The van der Waals surface area contributed by atoms with Crippen LogP contribution in [-0.2, 0) is 15.0 Å². The molecule has 2 amide bonds. The smallest absolute Gasteiger partial charge is 0.233 e. The molecule has 0 unspecified atom stereocenters. The Hall–Kier alpha value is -2.33. The number of anilines is 1. The number of carbonyl (C=O) groups is 2. The molecule has 0 radical (unpaired) electrons. The maximum atomic E-state index is 13.5. The van der Waals surface area contributed by atoms with Gasteiger partial charge in [-0.3, -0.25) is 9.59 Å². The molecule has 5 heteroatoms. The van der Waals surface area contributed by atoms with Crippen molar-refractivity contribution in [2.75, 3.05) is 18.4 Å². The highest BCUT2D eigenvalue weighted by Crippen LogP contribution is 2.46. The largest absolute Gasteiger partial charge is 0.341 e. The van der Waals surface area contributed by atoms with E-state index >= 15 is 0 Å². The number of piperidine rings is 1. The number of rotatable bonds is 4. The number of para-hydroxylation sites is 1. The molecule has 1 heterocycles. The van der Waals surface area contributed by atoms with Crippen molar-refractivity contribution in [2.45, 2.75) is 37.5 Å². The summed E-state index contributed by atoms with van der Waals surface area (Å²) in [7, 11) is 0. The van der Waals surface area contributed by atoms with Crippen LogP contribution >= 0.6 is 11.6 Å². The van der Waals surface area contributed by atoms with Crippen molar-refractivity contribution in [3.8, 4) is 0 Å². The number of amides is 2. The van der Waals surface area contributed by atoms with Gasteiger partial charge in [-0.05, 0) is 55.5 Å². The van der Waals surface area contributed by atoms with E-state index in [1.807, 2.05) is 59.5 Å². The zero-order chi connectivity index (χ0) is 19.6. The lowest BCUT2D eigenvalue weighted by Crippen LogP contribution is -2.54. The molecule has 28 heavy (non-hydrogen) atoms. The van der Waals surface area contributed by atoms with E-state index in [9.17, 15) is 9.59 Å².